The molecule has 1 unspecified atom stereocenters. The summed E-state index contributed by atoms with van der Waals surface area (Å²) in [5, 5.41) is 3.23. The van der Waals surface area contributed by atoms with Crippen LogP contribution >= 0.6 is 11.8 Å². The second-order valence-electron chi connectivity index (χ2n) is 5.31. The Morgan fingerprint density at radius 3 is 2.50 bits per heavy atom. The van der Waals surface area contributed by atoms with Crippen LogP contribution < -0.4 is 5.32 Å². The first-order valence-corrected chi connectivity index (χ1v) is 8.37. The van der Waals surface area contributed by atoms with Gasteiger partial charge in [0.05, 0.1) is 5.75 Å². The maximum Gasteiger partial charge on any atom is 0.232 e. The van der Waals surface area contributed by atoms with Crippen molar-refractivity contribution in [3.05, 3.63) is 29.8 Å². The van der Waals surface area contributed by atoms with Gasteiger partial charge in [0.2, 0.25) is 5.91 Å². The number of amides is 1. The molecule has 1 N–H and O–H groups in total. The first-order chi connectivity index (χ1) is 9.70. The van der Waals surface area contributed by atoms with E-state index in [1.165, 1.54) is 16.9 Å². The average Bonchev–Trinajstić information content (AvgIpc) is 2.53. The fourth-order valence-corrected chi connectivity index (χ4v) is 3.20. The van der Waals surface area contributed by atoms with Crippen LogP contribution in [0.3, 0.4) is 0 Å². The zero-order chi connectivity index (χ0) is 14.4. The van der Waals surface area contributed by atoms with Crippen molar-refractivity contribution in [2.75, 3.05) is 25.9 Å². The Morgan fingerprint density at radius 1 is 1.25 bits per heavy atom. The molecule has 1 aromatic carbocycles. The number of hydrogen-bond acceptors (Lipinski definition) is 3. The number of nitrogens with one attached hydrogen (secondary N) is 1. The summed E-state index contributed by atoms with van der Waals surface area (Å²) in [6.45, 7) is 4.03. The number of likely N-dealkylation sites (tertiary alicyclic amines) is 1. The van der Waals surface area contributed by atoms with Gasteiger partial charge < -0.3 is 10.2 Å². The minimum Gasteiger partial charge on any atom is -0.342 e. The molecule has 1 aliphatic rings. The molecule has 1 aliphatic heterocycles. The Hall–Kier alpha value is -1.00. The van der Waals surface area contributed by atoms with Gasteiger partial charge in [-0.05, 0) is 50.9 Å². The summed E-state index contributed by atoms with van der Waals surface area (Å²) in [6, 6.07) is 8.85. The van der Waals surface area contributed by atoms with E-state index in [1.54, 1.807) is 11.8 Å². The molecule has 1 aromatic rings. The van der Waals surface area contributed by atoms with Crippen LogP contribution in [0, 0.1) is 0 Å². The van der Waals surface area contributed by atoms with Crippen molar-refractivity contribution in [1.82, 2.24) is 10.2 Å². The normalized spacial score (nSPS) is 17.0. The van der Waals surface area contributed by atoms with Gasteiger partial charge in [-0.2, -0.15) is 0 Å². The molecule has 3 nitrogen and oxygen atoms in total. The summed E-state index contributed by atoms with van der Waals surface area (Å²) in [6.07, 6.45) is 3.59. The van der Waals surface area contributed by atoms with Crippen LogP contribution in [0.4, 0.5) is 0 Å². The van der Waals surface area contributed by atoms with Crippen molar-refractivity contribution in [3.63, 3.8) is 0 Å². The van der Waals surface area contributed by atoms with E-state index < -0.39 is 0 Å². The van der Waals surface area contributed by atoms with Crippen LogP contribution in [0.2, 0.25) is 0 Å². The Morgan fingerprint density at radius 2 is 1.90 bits per heavy atom. The largest absolute Gasteiger partial charge is 0.342 e. The molecule has 1 amide bonds. The van der Waals surface area contributed by atoms with Crippen LogP contribution in [-0.4, -0.2) is 36.7 Å². The molecule has 110 valence electrons. The van der Waals surface area contributed by atoms with Gasteiger partial charge in [0.25, 0.3) is 0 Å². The quantitative estimate of drug-likeness (QED) is 0.847. The monoisotopic (exact) mass is 292 g/mol. The number of hydrogen-bond donors (Lipinski definition) is 1. The number of benzene rings is 1. The smallest absolute Gasteiger partial charge is 0.232 e. The predicted octanol–water partition coefficient (Wildman–Crippen LogP) is 3.07. The van der Waals surface area contributed by atoms with Gasteiger partial charge in [-0.25, -0.2) is 0 Å². The Labute approximate surface area is 126 Å². The molecule has 1 heterocycles. The number of rotatable bonds is 5. The van der Waals surface area contributed by atoms with E-state index in [9.17, 15) is 4.79 Å². The summed E-state index contributed by atoms with van der Waals surface area (Å²) in [5.74, 6) is 0.836. The van der Waals surface area contributed by atoms with Crippen LogP contribution in [0.25, 0.3) is 0 Å². The van der Waals surface area contributed by atoms with Crippen molar-refractivity contribution in [1.29, 1.82) is 0 Å². The fourth-order valence-electron chi connectivity index (χ4n) is 2.40. The summed E-state index contributed by atoms with van der Waals surface area (Å²) in [7, 11) is 1.96. The van der Waals surface area contributed by atoms with E-state index >= 15 is 0 Å². The Kier molecular flexibility index (Phi) is 5.92. The molecule has 1 fully saturated rings. The first-order valence-electron chi connectivity index (χ1n) is 7.38. The first kappa shape index (κ1) is 15.4. The van der Waals surface area contributed by atoms with Crippen LogP contribution in [0.1, 0.15) is 37.8 Å². The predicted molar refractivity (Wildman–Crippen MR) is 85.1 cm³/mol. The minimum absolute atomic E-state index is 0.280. The lowest BCUT2D eigenvalue weighted by Gasteiger charge is -2.26. The number of thioether (sulfide) groups is 1. The molecular weight excluding hydrogens is 268 g/mol. The van der Waals surface area contributed by atoms with Crippen LogP contribution in [0.15, 0.2) is 29.2 Å². The molecule has 0 bridgehead atoms. The molecule has 0 aliphatic carbocycles. The van der Waals surface area contributed by atoms with Crippen LogP contribution in [0.5, 0.6) is 0 Å². The SMILES string of the molecule is CNC(C)c1ccc(SCC(=O)N2CCCCC2)cc1. The van der Waals surface area contributed by atoms with Crippen LogP contribution in [-0.2, 0) is 4.79 Å². The summed E-state index contributed by atoms with van der Waals surface area (Å²) < 4.78 is 0. The third-order valence-electron chi connectivity index (χ3n) is 3.88. The van der Waals surface area contributed by atoms with Gasteiger partial charge in [0.15, 0.2) is 0 Å². The zero-order valence-corrected chi connectivity index (χ0v) is 13.2. The second-order valence-corrected chi connectivity index (χ2v) is 6.36. The van der Waals surface area contributed by atoms with E-state index in [-0.39, 0.29) is 5.91 Å². The summed E-state index contributed by atoms with van der Waals surface area (Å²) in [4.78, 5) is 15.3. The van der Waals surface area contributed by atoms with E-state index in [2.05, 4.69) is 36.5 Å². The van der Waals surface area contributed by atoms with Gasteiger partial charge >= 0.3 is 0 Å². The fraction of sp³-hybridized carbons (Fsp3) is 0.562. The number of carbonyl (C=O) groups excluding carboxylic acids is 1. The summed E-state index contributed by atoms with van der Waals surface area (Å²) in [5.41, 5.74) is 1.28. The van der Waals surface area contributed by atoms with Gasteiger partial charge in [-0.1, -0.05) is 12.1 Å². The van der Waals surface area contributed by atoms with E-state index in [1.807, 2.05) is 11.9 Å². The highest BCUT2D eigenvalue weighted by atomic mass is 32.2. The molecule has 20 heavy (non-hydrogen) atoms. The molecule has 4 heteroatoms. The van der Waals surface area contributed by atoms with E-state index in [0.717, 1.165) is 25.9 Å². The number of carbonyl (C=O) groups is 1. The van der Waals surface area contributed by atoms with Crippen molar-refractivity contribution in [3.8, 4) is 0 Å². The average molecular weight is 292 g/mol. The summed E-state index contributed by atoms with van der Waals surface area (Å²) >= 11 is 1.64. The van der Waals surface area contributed by atoms with Crippen molar-refractivity contribution < 1.29 is 4.79 Å². The molecular formula is C16H24N2OS. The maximum atomic E-state index is 12.1. The lowest BCUT2D eigenvalue weighted by atomic mass is 10.1. The van der Waals surface area contributed by atoms with Crippen molar-refractivity contribution in [2.45, 2.75) is 37.1 Å². The third kappa shape index (κ3) is 4.25. The third-order valence-corrected chi connectivity index (χ3v) is 4.88. The minimum atomic E-state index is 0.280. The molecule has 1 atom stereocenters. The molecule has 0 aromatic heterocycles. The highest BCUT2D eigenvalue weighted by Gasteiger charge is 2.16. The zero-order valence-electron chi connectivity index (χ0n) is 12.4. The second kappa shape index (κ2) is 7.70. The molecule has 2 rings (SSSR count). The number of piperidine rings is 1. The molecule has 0 saturated carbocycles. The maximum absolute atomic E-state index is 12.1. The molecule has 0 radical (unpaired) electrons. The van der Waals surface area contributed by atoms with Crippen molar-refractivity contribution in [2.24, 2.45) is 0 Å². The molecule has 1 saturated heterocycles. The number of nitrogens with zero attached hydrogens (tertiary/aromatic N) is 1. The topological polar surface area (TPSA) is 32.3 Å². The van der Waals surface area contributed by atoms with Gasteiger partial charge in [0, 0.05) is 24.0 Å². The van der Waals surface area contributed by atoms with E-state index in [0.29, 0.717) is 11.8 Å². The van der Waals surface area contributed by atoms with E-state index in [4.69, 9.17) is 0 Å². The van der Waals surface area contributed by atoms with Gasteiger partial charge in [-0.15, -0.1) is 11.8 Å². The highest BCUT2D eigenvalue weighted by Crippen LogP contribution is 2.22. The van der Waals surface area contributed by atoms with Gasteiger partial charge in [-0.3, -0.25) is 4.79 Å². The standard InChI is InChI=1S/C16H24N2OS/c1-13(17-2)14-6-8-15(9-7-14)20-12-16(19)18-10-4-3-5-11-18/h6-9,13,17H,3-5,10-12H2,1-2H3. The Balaban J connectivity index is 1.82. The van der Waals surface area contributed by atoms with Gasteiger partial charge in [0.1, 0.15) is 0 Å². The highest BCUT2D eigenvalue weighted by molar-refractivity contribution is 8.00. The van der Waals surface area contributed by atoms with Crippen molar-refractivity contribution >= 4 is 17.7 Å². The Bertz CT molecular complexity index is 427. The lowest BCUT2D eigenvalue weighted by molar-refractivity contribution is -0.129. The lowest BCUT2D eigenvalue weighted by Crippen LogP contribution is -2.36. The molecule has 0 spiro atoms.